The largest absolute Gasteiger partial charge is 0.208 e. The molecule has 0 saturated heterocycles. The number of benzene rings is 8. The summed E-state index contributed by atoms with van der Waals surface area (Å²) in [6.07, 6.45) is 0. The van der Waals surface area contributed by atoms with E-state index in [-0.39, 0.29) is 47.6 Å². The Hall–Kier alpha value is -7.01. The van der Waals surface area contributed by atoms with Gasteiger partial charge in [0, 0.05) is 36.9 Å². The summed E-state index contributed by atoms with van der Waals surface area (Å²) in [5.41, 5.74) is 8.39. The minimum absolute atomic E-state index is 0.0590. The fraction of sp³-hybridized carbons (Fsp3) is 0. The van der Waals surface area contributed by atoms with Crippen LogP contribution in [0.25, 0.3) is 98.8 Å². The number of hydrogen-bond acceptors (Lipinski definition) is 4. The summed E-state index contributed by atoms with van der Waals surface area (Å²) in [6, 6.07) is 52.3. The van der Waals surface area contributed by atoms with E-state index in [4.69, 9.17) is 19.1 Å². The van der Waals surface area contributed by atoms with Gasteiger partial charge in [0.25, 0.3) is 0 Å². The van der Waals surface area contributed by atoms with Crippen LogP contribution in [0.1, 0.15) is 8.22 Å². The standard InChI is InChI=1S/C51H33N3S/c1-4-14-34(15-5-1)37-20-10-23-40(30-37)44-26-13-27-46-48(44)45-29-28-43(33-47(45)55-46)51-53-49(41-24-11-21-38(31-41)35-16-6-2-7-17-35)52-50(54-51)42-25-12-22-39(32-42)36-18-8-3-9-19-36/h1-33H/i13D,26D,27D,28D,29D,33D. The van der Waals surface area contributed by atoms with Gasteiger partial charge in [-0.1, -0.05) is 170 Å². The molecule has 10 aromatic rings. The molecule has 0 aliphatic rings. The Kier molecular flexibility index (Phi) is 6.84. The molecule has 4 heteroatoms. The third-order valence-corrected chi connectivity index (χ3v) is 10.7. The SMILES string of the molecule is [2H]c1c([2H])c(-c2cccc(-c3ccccc3)c2)c2c(sc3c([2H])c(-c4nc(-c5cccc(-c6ccccc6)c5)nc(-c5cccc(-c6ccccc6)c5)n4)c([2H])c([2H])c32)c1[2H]. The number of fused-ring (bicyclic) bond motifs is 3. The van der Waals surface area contributed by atoms with Crippen LogP contribution in [0.2, 0.25) is 0 Å². The van der Waals surface area contributed by atoms with Gasteiger partial charge in [0.2, 0.25) is 0 Å². The maximum absolute atomic E-state index is 9.74. The first-order chi connectivity index (χ1) is 29.7. The molecule has 3 nitrogen and oxygen atoms in total. The molecule has 55 heavy (non-hydrogen) atoms. The Morgan fingerprint density at radius 2 is 0.800 bits per heavy atom. The first kappa shape index (κ1) is 26.7. The molecular formula is C51H33N3S. The molecule has 0 unspecified atom stereocenters. The second-order valence-electron chi connectivity index (χ2n) is 13.2. The summed E-state index contributed by atoms with van der Waals surface area (Å²) in [5.74, 6) is 0.759. The number of hydrogen-bond donors (Lipinski definition) is 0. The molecule has 0 spiro atoms. The average Bonchev–Trinajstić information content (AvgIpc) is 3.72. The van der Waals surface area contributed by atoms with Crippen molar-refractivity contribution < 1.29 is 8.22 Å². The van der Waals surface area contributed by atoms with Crippen molar-refractivity contribution in [2.45, 2.75) is 0 Å². The summed E-state index contributed by atoms with van der Waals surface area (Å²) >= 11 is 1.13. The molecule has 2 heterocycles. The van der Waals surface area contributed by atoms with E-state index < -0.39 is 0 Å². The molecule has 0 amide bonds. The van der Waals surface area contributed by atoms with Crippen molar-refractivity contribution in [2.24, 2.45) is 0 Å². The highest BCUT2D eigenvalue weighted by Gasteiger charge is 2.17. The monoisotopic (exact) mass is 725 g/mol. The van der Waals surface area contributed by atoms with Crippen molar-refractivity contribution in [3.05, 3.63) is 200 Å². The van der Waals surface area contributed by atoms with Crippen LogP contribution in [0.5, 0.6) is 0 Å². The zero-order valence-electron chi connectivity index (χ0n) is 35.3. The topological polar surface area (TPSA) is 38.7 Å². The molecule has 0 atom stereocenters. The van der Waals surface area contributed by atoms with Crippen LogP contribution >= 0.6 is 11.3 Å². The molecule has 0 bridgehead atoms. The Bertz CT molecular complexity index is 3220. The first-order valence-electron chi connectivity index (χ1n) is 20.9. The fourth-order valence-electron chi connectivity index (χ4n) is 6.94. The van der Waals surface area contributed by atoms with E-state index in [2.05, 4.69) is 0 Å². The van der Waals surface area contributed by atoms with Crippen LogP contribution in [-0.4, -0.2) is 15.0 Å². The van der Waals surface area contributed by atoms with Crippen LogP contribution in [0.3, 0.4) is 0 Å². The lowest BCUT2D eigenvalue weighted by Gasteiger charge is -2.11. The first-order valence-corrected chi connectivity index (χ1v) is 18.8. The van der Waals surface area contributed by atoms with Gasteiger partial charge >= 0.3 is 0 Å². The third kappa shape index (κ3) is 6.39. The minimum Gasteiger partial charge on any atom is -0.208 e. The van der Waals surface area contributed by atoms with Crippen LogP contribution in [0.15, 0.2) is 200 Å². The van der Waals surface area contributed by atoms with Crippen LogP contribution in [-0.2, 0) is 0 Å². The molecule has 0 saturated carbocycles. The quantitative estimate of drug-likeness (QED) is 0.164. The Morgan fingerprint density at radius 3 is 1.33 bits per heavy atom. The van der Waals surface area contributed by atoms with Gasteiger partial charge in [-0.25, -0.2) is 15.0 Å². The lowest BCUT2D eigenvalue weighted by atomic mass is 9.96. The van der Waals surface area contributed by atoms with Crippen LogP contribution in [0, 0.1) is 0 Å². The molecule has 258 valence electrons. The Labute approximate surface area is 332 Å². The van der Waals surface area contributed by atoms with E-state index in [1.165, 1.54) is 0 Å². The maximum atomic E-state index is 9.74. The molecule has 10 rings (SSSR count). The minimum atomic E-state index is -0.256. The van der Waals surface area contributed by atoms with E-state index in [0.717, 1.165) is 44.7 Å². The third-order valence-electron chi connectivity index (χ3n) is 9.65. The summed E-state index contributed by atoms with van der Waals surface area (Å²) < 4.78 is 56.6. The van der Waals surface area contributed by atoms with Gasteiger partial charge in [0.1, 0.15) is 0 Å². The Balaban J connectivity index is 1.21. The van der Waals surface area contributed by atoms with E-state index in [1.54, 1.807) is 0 Å². The summed E-state index contributed by atoms with van der Waals surface area (Å²) in [5, 5.41) is 0.712. The van der Waals surface area contributed by atoms with Gasteiger partial charge in [-0.15, -0.1) is 11.3 Å². The predicted molar refractivity (Wildman–Crippen MR) is 231 cm³/mol. The molecule has 0 radical (unpaired) electrons. The van der Waals surface area contributed by atoms with E-state index in [0.29, 0.717) is 54.1 Å². The Morgan fingerprint density at radius 1 is 0.364 bits per heavy atom. The number of thiophene rings is 1. The smallest absolute Gasteiger partial charge is 0.164 e. The number of rotatable bonds is 7. The van der Waals surface area contributed by atoms with Crippen molar-refractivity contribution in [3.63, 3.8) is 0 Å². The lowest BCUT2D eigenvalue weighted by Crippen LogP contribution is -2.00. The van der Waals surface area contributed by atoms with Gasteiger partial charge in [-0.3, -0.25) is 0 Å². The van der Waals surface area contributed by atoms with Gasteiger partial charge in [0.15, 0.2) is 17.5 Å². The molecule has 2 aromatic heterocycles. The highest BCUT2D eigenvalue weighted by molar-refractivity contribution is 7.26. The molecule has 0 aliphatic carbocycles. The normalized spacial score (nSPS) is 12.8. The van der Waals surface area contributed by atoms with Crippen molar-refractivity contribution in [1.29, 1.82) is 0 Å². The predicted octanol–water partition coefficient (Wildman–Crippen LogP) is 13.9. The zero-order chi connectivity index (χ0) is 41.8. The van der Waals surface area contributed by atoms with Crippen LogP contribution in [0.4, 0.5) is 0 Å². The van der Waals surface area contributed by atoms with Crippen molar-refractivity contribution in [1.82, 2.24) is 15.0 Å². The van der Waals surface area contributed by atoms with Gasteiger partial charge in [-0.05, 0) is 74.8 Å². The number of nitrogens with zero attached hydrogens (tertiary/aromatic N) is 3. The summed E-state index contributed by atoms with van der Waals surface area (Å²) in [4.78, 5) is 14.9. The van der Waals surface area contributed by atoms with Crippen molar-refractivity contribution in [3.8, 4) is 78.7 Å². The highest BCUT2D eigenvalue weighted by atomic mass is 32.1. The molecule has 0 fully saturated rings. The second kappa shape index (κ2) is 14.1. The van der Waals surface area contributed by atoms with Gasteiger partial charge in [-0.2, -0.15) is 0 Å². The molecule has 0 aliphatic heterocycles. The van der Waals surface area contributed by atoms with Crippen molar-refractivity contribution in [2.75, 3.05) is 0 Å². The average molecular weight is 726 g/mol. The van der Waals surface area contributed by atoms with E-state index >= 15 is 0 Å². The van der Waals surface area contributed by atoms with Crippen molar-refractivity contribution >= 4 is 31.5 Å². The lowest BCUT2D eigenvalue weighted by molar-refractivity contribution is 1.07. The van der Waals surface area contributed by atoms with E-state index in [1.807, 2.05) is 164 Å². The molecule has 8 aromatic carbocycles. The second-order valence-corrected chi connectivity index (χ2v) is 14.2. The molecule has 0 N–H and O–H groups in total. The van der Waals surface area contributed by atoms with Crippen LogP contribution < -0.4 is 0 Å². The summed E-state index contributed by atoms with van der Waals surface area (Å²) in [7, 11) is 0. The van der Waals surface area contributed by atoms with Gasteiger partial charge in [0.05, 0.1) is 8.22 Å². The zero-order valence-corrected chi connectivity index (χ0v) is 30.2. The summed E-state index contributed by atoms with van der Waals surface area (Å²) in [6.45, 7) is 0. The number of aromatic nitrogens is 3. The highest BCUT2D eigenvalue weighted by Crippen LogP contribution is 2.42. The fourth-order valence-corrected chi connectivity index (χ4v) is 7.96. The van der Waals surface area contributed by atoms with E-state index in [9.17, 15) is 4.11 Å². The maximum Gasteiger partial charge on any atom is 0.164 e. The molecular weight excluding hydrogens is 687 g/mol. The van der Waals surface area contributed by atoms with Gasteiger partial charge < -0.3 is 0 Å².